The van der Waals surface area contributed by atoms with Crippen LogP contribution in [0.3, 0.4) is 0 Å². The van der Waals surface area contributed by atoms with Gasteiger partial charge in [0.1, 0.15) is 6.10 Å². The Morgan fingerprint density at radius 2 is 2.42 bits per heavy atom. The van der Waals surface area contributed by atoms with E-state index in [0.29, 0.717) is 18.0 Å². The third-order valence-electron chi connectivity index (χ3n) is 3.26. The van der Waals surface area contributed by atoms with Crippen LogP contribution in [0.5, 0.6) is 5.88 Å². The van der Waals surface area contributed by atoms with Crippen molar-refractivity contribution in [2.75, 3.05) is 13.2 Å². The van der Waals surface area contributed by atoms with E-state index in [0.717, 1.165) is 12.8 Å². The molecule has 1 atom stereocenters. The highest BCUT2D eigenvalue weighted by molar-refractivity contribution is 5.94. The molecule has 1 unspecified atom stereocenters. The summed E-state index contributed by atoms with van der Waals surface area (Å²) in [6.45, 7) is 2.39. The van der Waals surface area contributed by atoms with Gasteiger partial charge in [0.15, 0.2) is 0 Å². The molecule has 0 saturated heterocycles. The lowest BCUT2D eigenvalue weighted by Gasteiger charge is -2.25. The van der Waals surface area contributed by atoms with Crippen molar-refractivity contribution in [1.82, 2.24) is 10.3 Å². The number of nitrogens with zero attached hydrogens (tertiary/aromatic N) is 1. The zero-order chi connectivity index (χ0) is 13.7. The Bertz CT molecular complexity index is 432. The van der Waals surface area contributed by atoms with Gasteiger partial charge in [0.25, 0.3) is 5.91 Å². The number of aromatic nitrogens is 1. The van der Waals surface area contributed by atoms with E-state index < -0.39 is 0 Å². The van der Waals surface area contributed by atoms with Gasteiger partial charge < -0.3 is 15.2 Å². The zero-order valence-corrected chi connectivity index (χ0v) is 11.1. The molecule has 0 aliphatic heterocycles. The van der Waals surface area contributed by atoms with Crippen molar-refractivity contribution >= 4 is 5.91 Å². The predicted octanol–water partition coefficient (Wildman–Crippen LogP) is 1.37. The van der Waals surface area contributed by atoms with Crippen molar-refractivity contribution in [3.8, 4) is 5.88 Å². The summed E-state index contributed by atoms with van der Waals surface area (Å²) in [6, 6.07) is 3.32. The van der Waals surface area contributed by atoms with Gasteiger partial charge in [0, 0.05) is 31.0 Å². The monoisotopic (exact) mass is 264 g/mol. The molecule has 19 heavy (non-hydrogen) atoms. The minimum Gasteiger partial charge on any atom is -0.474 e. The van der Waals surface area contributed by atoms with Crippen LogP contribution in [0.25, 0.3) is 0 Å². The summed E-state index contributed by atoms with van der Waals surface area (Å²) in [6.07, 6.45) is 5.15. The van der Waals surface area contributed by atoms with E-state index in [1.165, 1.54) is 6.42 Å². The second kappa shape index (κ2) is 6.52. The van der Waals surface area contributed by atoms with E-state index in [9.17, 15) is 4.79 Å². The Morgan fingerprint density at radius 1 is 1.63 bits per heavy atom. The van der Waals surface area contributed by atoms with Crippen molar-refractivity contribution in [3.05, 3.63) is 23.9 Å². The second-order valence-corrected chi connectivity index (χ2v) is 5.05. The summed E-state index contributed by atoms with van der Waals surface area (Å²) >= 11 is 0. The fraction of sp³-hybridized carbons (Fsp3) is 0.571. The van der Waals surface area contributed by atoms with Crippen LogP contribution >= 0.6 is 0 Å². The largest absolute Gasteiger partial charge is 0.474 e. The maximum absolute atomic E-state index is 11.9. The first kappa shape index (κ1) is 13.8. The summed E-state index contributed by atoms with van der Waals surface area (Å²) in [4.78, 5) is 16.0. The zero-order valence-electron chi connectivity index (χ0n) is 11.1. The van der Waals surface area contributed by atoms with E-state index in [4.69, 9.17) is 9.84 Å². The molecule has 0 radical (unpaired) electrons. The molecular weight excluding hydrogens is 244 g/mol. The fourth-order valence-corrected chi connectivity index (χ4v) is 1.71. The molecule has 0 spiro atoms. The van der Waals surface area contributed by atoms with Gasteiger partial charge in [0.2, 0.25) is 5.88 Å². The van der Waals surface area contributed by atoms with Crippen LogP contribution in [0.4, 0.5) is 0 Å². The molecule has 1 aliphatic carbocycles. The summed E-state index contributed by atoms with van der Waals surface area (Å²) in [7, 11) is 0. The maximum Gasteiger partial charge on any atom is 0.251 e. The van der Waals surface area contributed by atoms with Crippen LogP contribution in [0, 0.1) is 5.92 Å². The molecule has 0 bridgehead atoms. The van der Waals surface area contributed by atoms with Crippen LogP contribution < -0.4 is 10.1 Å². The minimum absolute atomic E-state index is 0.0523. The lowest BCUT2D eigenvalue weighted by atomic mass is 9.96. The van der Waals surface area contributed by atoms with Crippen LogP contribution in [0.1, 0.15) is 36.5 Å². The predicted molar refractivity (Wildman–Crippen MR) is 71.1 cm³/mol. The van der Waals surface area contributed by atoms with Crippen LogP contribution in [-0.4, -0.2) is 35.3 Å². The Kier molecular flexibility index (Phi) is 4.74. The smallest absolute Gasteiger partial charge is 0.251 e. The van der Waals surface area contributed by atoms with Gasteiger partial charge in [0.05, 0.1) is 0 Å². The molecule has 1 amide bonds. The third-order valence-corrected chi connectivity index (χ3v) is 3.26. The normalized spacial score (nSPS) is 16.5. The molecule has 2 rings (SSSR count). The first-order chi connectivity index (χ1) is 9.19. The molecular formula is C14H20N2O3. The van der Waals surface area contributed by atoms with Crippen molar-refractivity contribution in [3.63, 3.8) is 0 Å². The van der Waals surface area contributed by atoms with Gasteiger partial charge in [-0.3, -0.25) is 4.79 Å². The number of nitrogens with one attached hydrogen (secondary N) is 1. The van der Waals surface area contributed by atoms with Crippen LogP contribution in [0.2, 0.25) is 0 Å². The van der Waals surface area contributed by atoms with Crippen molar-refractivity contribution in [1.29, 1.82) is 0 Å². The Morgan fingerprint density at radius 3 is 3.05 bits per heavy atom. The highest BCUT2D eigenvalue weighted by Gasteiger charge is 2.20. The first-order valence-corrected chi connectivity index (χ1v) is 6.71. The molecule has 104 valence electrons. The number of ether oxygens (including phenoxy) is 1. The number of aliphatic hydroxyl groups is 1. The van der Waals surface area contributed by atoms with Gasteiger partial charge in [-0.05, 0) is 31.2 Å². The van der Waals surface area contributed by atoms with Crippen molar-refractivity contribution in [2.45, 2.75) is 32.3 Å². The summed E-state index contributed by atoms with van der Waals surface area (Å²) < 4.78 is 5.66. The number of carbonyl (C=O) groups excluding carboxylic acids is 1. The molecule has 1 saturated carbocycles. The maximum atomic E-state index is 11.9. The van der Waals surface area contributed by atoms with Gasteiger partial charge in [-0.15, -0.1) is 0 Å². The number of hydrogen-bond donors (Lipinski definition) is 2. The van der Waals surface area contributed by atoms with E-state index in [-0.39, 0.29) is 24.5 Å². The Labute approximate surface area is 113 Å². The van der Waals surface area contributed by atoms with Gasteiger partial charge >= 0.3 is 0 Å². The number of amides is 1. The average molecular weight is 264 g/mol. The molecule has 1 heterocycles. The molecule has 1 aliphatic rings. The number of carbonyl (C=O) groups is 1. The molecule has 0 aromatic carbocycles. The van der Waals surface area contributed by atoms with Crippen LogP contribution in [0.15, 0.2) is 18.3 Å². The number of pyridine rings is 1. The summed E-state index contributed by atoms with van der Waals surface area (Å²) in [5, 5.41) is 11.7. The Balaban J connectivity index is 1.91. The van der Waals surface area contributed by atoms with Gasteiger partial charge in [-0.1, -0.05) is 6.92 Å². The molecule has 2 N–H and O–H groups in total. The standard InChI is InChI=1S/C14H20N2O3/c1-10(9-17)8-16-14(18)11-5-6-15-13(7-11)19-12-3-2-4-12/h5-7,10,12,17H,2-4,8-9H2,1H3,(H,16,18). The van der Waals surface area contributed by atoms with Crippen molar-refractivity contribution < 1.29 is 14.6 Å². The highest BCUT2D eigenvalue weighted by atomic mass is 16.5. The lowest BCUT2D eigenvalue weighted by molar-refractivity contribution is 0.0937. The van der Waals surface area contributed by atoms with E-state index in [1.807, 2.05) is 6.92 Å². The SMILES string of the molecule is CC(CO)CNC(=O)c1ccnc(OC2CCC2)c1. The van der Waals surface area contributed by atoms with Gasteiger partial charge in [-0.2, -0.15) is 0 Å². The van der Waals surface area contributed by atoms with E-state index in [2.05, 4.69) is 10.3 Å². The van der Waals surface area contributed by atoms with Crippen LogP contribution in [-0.2, 0) is 0 Å². The van der Waals surface area contributed by atoms with E-state index in [1.54, 1.807) is 18.3 Å². The quantitative estimate of drug-likeness (QED) is 0.814. The minimum atomic E-state index is -0.166. The Hall–Kier alpha value is -1.62. The molecule has 1 aromatic rings. The lowest BCUT2D eigenvalue weighted by Crippen LogP contribution is -2.29. The number of hydrogen-bond acceptors (Lipinski definition) is 4. The topological polar surface area (TPSA) is 71.5 Å². The van der Waals surface area contributed by atoms with Gasteiger partial charge in [-0.25, -0.2) is 4.98 Å². The number of rotatable bonds is 6. The summed E-state index contributed by atoms with van der Waals surface area (Å²) in [5.41, 5.74) is 0.537. The fourth-order valence-electron chi connectivity index (χ4n) is 1.71. The summed E-state index contributed by atoms with van der Waals surface area (Å²) in [5.74, 6) is 0.394. The average Bonchev–Trinajstić information content (AvgIpc) is 2.40. The highest BCUT2D eigenvalue weighted by Crippen LogP contribution is 2.24. The first-order valence-electron chi connectivity index (χ1n) is 6.71. The molecule has 5 heteroatoms. The molecule has 1 aromatic heterocycles. The third kappa shape index (κ3) is 3.92. The van der Waals surface area contributed by atoms with Crippen molar-refractivity contribution in [2.24, 2.45) is 5.92 Å². The number of aliphatic hydroxyl groups excluding tert-OH is 1. The second-order valence-electron chi connectivity index (χ2n) is 5.05. The van der Waals surface area contributed by atoms with E-state index >= 15 is 0 Å². The molecule has 5 nitrogen and oxygen atoms in total. The molecule has 1 fully saturated rings.